The molecule has 0 fully saturated rings. The Bertz CT molecular complexity index is 1550. The summed E-state index contributed by atoms with van der Waals surface area (Å²) in [5, 5.41) is 0.925. The first kappa shape index (κ1) is 22.3. The molecule has 0 atom stereocenters. The van der Waals surface area contributed by atoms with Crippen LogP contribution in [0.1, 0.15) is 23.6 Å². The summed E-state index contributed by atoms with van der Waals surface area (Å²) in [5.41, 5.74) is 3.22. The standard InChI is InChI=1S/C30H24O6/c1-2-32-19-33-18-20-13-14-23-26(17-20)34-28-24(27(23)31)15-16-25-29(28)36-30(35-25,21-9-5-3-6-10-21)22-11-7-4-8-12-22/h3-17H,2,18-19H2,1H3. The molecule has 0 unspecified atom stereocenters. The fourth-order valence-electron chi connectivity index (χ4n) is 4.52. The zero-order valence-corrected chi connectivity index (χ0v) is 19.7. The molecule has 6 heteroatoms. The van der Waals surface area contributed by atoms with E-state index in [-0.39, 0.29) is 12.2 Å². The molecular weight excluding hydrogens is 456 g/mol. The summed E-state index contributed by atoms with van der Waals surface area (Å²) in [6, 6.07) is 28.4. The predicted molar refractivity (Wildman–Crippen MR) is 136 cm³/mol. The second-order valence-corrected chi connectivity index (χ2v) is 8.54. The van der Waals surface area contributed by atoms with Crippen LogP contribution in [-0.2, 0) is 21.9 Å². The summed E-state index contributed by atoms with van der Waals surface area (Å²) in [6.45, 7) is 3.04. The molecule has 0 N–H and O–H groups in total. The third-order valence-corrected chi connectivity index (χ3v) is 6.27. The Balaban J connectivity index is 1.48. The normalized spacial score (nSPS) is 13.9. The number of ether oxygens (including phenoxy) is 4. The lowest BCUT2D eigenvalue weighted by Gasteiger charge is -2.28. The van der Waals surface area contributed by atoms with Crippen LogP contribution in [0.25, 0.3) is 21.9 Å². The van der Waals surface area contributed by atoms with E-state index in [0.29, 0.717) is 46.7 Å². The SMILES string of the molecule is CCOCOCc1ccc2c(=O)c3ccc4c(c3oc2c1)OC(c1ccccc1)(c1ccccc1)O4. The molecule has 180 valence electrons. The smallest absolute Gasteiger partial charge is 0.305 e. The van der Waals surface area contributed by atoms with E-state index in [1.54, 1.807) is 18.2 Å². The highest BCUT2D eigenvalue weighted by Crippen LogP contribution is 2.50. The number of hydrogen-bond donors (Lipinski definition) is 0. The maximum Gasteiger partial charge on any atom is 0.305 e. The highest BCUT2D eigenvalue weighted by molar-refractivity contribution is 5.94. The van der Waals surface area contributed by atoms with Crippen molar-refractivity contribution in [2.24, 2.45) is 0 Å². The van der Waals surface area contributed by atoms with Gasteiger partial charge in [0.25, 0.3) is 0 Å². The molecule has 2 heterocycles. The molecule has 0 saturated carbocycles. The van der Waals surface area contributed by atoms with Crippen LogP contribution in [0.4, 0.5) is 0 Å². The van der Waals surface area contributed by atoms with E-state index >= 15 is 0 Å². The first-order chi connectivity index (χ1) is 17.7. The van der Waals surface area contributed by atoms with E-state index in [9.17, 15) is 4.79 Å². The Hall–Kier alpha value is -4.13. The van der Waals surface area contributed by atoms with Crippen molar-refractivity contribution < 1.29 is 23.4 Å². The highest BCUT2D eigenvalue weighted by atomic mass is 16.7. The van der Waals surface area contributed by atoms with E-state index in [4.69, 9.17) is 23.4 Å². The fourth-order valence-corrected chi connectivity index (χ4v) is 4.52. The Morgan fingerprint density at radius 3 is 2.17 bits per heavy atom. The summed E-state index contributed by atoms with van der Waals surface area (Å²) >= 11 is 0. The van der Waals surface area contributed by atoms with Crippen LogP contribution in [0.5, 0.6) is 11.5 Å². The number of hydrogen-bond acceptors (Lipinski definition) is 6. The van der Waals surface area contributed by atoms with Gasteiger partial charge in [0.1, 0.15) is 12.4 Å². The molecule has 36 heavy (non-hydrogen) atoms. The Morgan fingerprint density at radius 2 is 1.47 bits per heavy atom. The van der Waals surface area contributed by atoms with E-state index in [0.717, 1.165) is 16.7 Å². The minimum Gasteiger partial charge on any atom is -0.452 e. The van der Waals surface area contributed by atoms with Gasteiger partial charge < -0.3 is 23.4 Å². The topological polar surface area (TPSA) is 67.1 Å². The Morgan fingerprint density at radius 1 is 0.778 bits per heavy atom. The van der Waals surface area contributed by atoms with E-state index in [1.807, 2.05) is 79.7 Å². The molecule has 0 spiro atoms. The summed E-state index contributed by atoms with van der Waals surface area (Å²) < 4.78 is 30.2. The van der Waals surface area contributed by atoms with Crippen molar-refractivity contribution in [3.63, 3.8) is 0 Å². The molecule has 0 radical (unpaired) electrons. The van der Waals surface area contributed by atoms with Gasteiger partial charge in [-0.3, -0.25) is 4.79 Å². The van der Waals surface area contributed by atoms with Crippen molar-refractivity contribution in [3.05, 3.63) is 118 Å². The lowest BCUT2D eigenvalue weighted by Crippen LogP contribution is -2.36. The lowest BCUT2D eigenvalue weighted by molar-refractivity contribution is -0.0571. The van der Waals surface area contributed by atoms with Crippen LogP contribution in [-0.4, -0.2) is 13.4 Å². The van der Waals surface area contributed by atoms with E-state index in [2.05, 4.69) is 0 Å². The van der Waals surface area contributed by atoms with Crippen LogP contribution in [0.15, 0.2) is 100 Å². The van der Waals surface area contributed by atoms with Crippen molar-refractivity contribution in [1.29, 1.82) is 0 Å². The average Bonchev–Trinajstić information content (AvgIpc) is 3.34. The van der Waals surface area contributed by atoms with Crippen molar-refractivity contribution >= 4 is 21.9 Å². The zero-order valence-electron chi connectivity index (χ0n) is 19.7. The first-order valence-electron chi connectivity index (χ1n) is 11.9. The van der Waals surface area contributed by atoms with Gasteiger partial charge in [0.2, 0.25) is 11.2 Å². The molecule has 0 aliphatic carbocycles. The monoisotopic (exact) mass is 480 g/mol. The number of rotatable bonds is 7. The molecule has 0 amide bonds. The molecule has 5 aromatic rings. The van der Waals surface area contributed by atoms with Crippen molar-refractivity contribution in [3.8, 4) is 11.5 Å². The molecule has 0 bridgehead atoms. The second kappa shape index (κ2) is 9.15. The van der Waals surface area contributed by atoms with Gasteiger partial charge in [0, 0.05) is 17.7 Å². The molecule has 0 saturated heterocycles. The lowest BCUT2D eigenvalue weighted by atomic mass is 9.97. The Labute approximate surface area is 207 Å². The van der Waals surface area contributed by atoms with Crippen LogP contribution >= 0.6 is 0 Å². The Kier molecular flexibility index (Phi) is 5.68. The maximum atomic E-state index is 13.4. The summed E-state index contributed by atoms with van der Waals surface area (Å²) in [7, 11) is 0. The largest absolute Gasteiger partial charge is 0.452 e. The van der Waals surface area contributed by atoms with Crippen LogP contribution < -0.4 is 14.9 Å². The summed E-state index contributed by atoms with van der Waals surface area (Å²) in [4.78, 5) is 13.4. The zero-order chi connectivity index (χ0) is 24.5. The van der Waals surface area contributed by atoms with Gasteiger partial charge in [-0.05, 0) is 36.8 Å². The fraction of sp³-hybridized carbons (Fsp3) is 0.167. The molecule has 1 aliphatic rings. The average molecular weight is 481 g/mol. The molecule has 4 aromatic carbocycles. The maximum absolute atomic E-state index is 13.4. The van der Waals surface area contributed by atoms with E-state index < -0.39 is 5.79 Å². The van der Waals surface area contributed by atoms with Crippen molar-refractivity contribution in [2.75, 3.05) is 13.4 Å². The second-order valence-electron chi connectivity index (χ2n) is 8.54. The van der Waals surface area contributed by atoms with Gasteiger partial charge in [-0.2, -0.15) is 0 Å². The van der Waals surface area contributed by atoms with Crippen LogP contribution in [0, 0.1) is 0 Å². The highest BCUT2D eigenvalue weighted by Gasteiger charge is 2.46. The quantitative estimate of drug-likeness (QED) is 0.159. The van der Waals surface area contributed by atoms with Crippen LogP contribution in [0.3, 0.4) is 0 Å². The van der Waals surface area contributed by atoms with E-state index in [1.165, 1.54) is 0 Å². The van der Waals surface area contributed by atoms with Crippen LogP contribution in [0.2, 0.25) is 0 Å². The third-order valence-electron chi connectivity index (χ3n) is 6.27. The van der Waals surface area contributed by atoms with Gasteiger partial charge in [-0.25, -0.2) is 0 Å². The molecule has 1 aliphatic heterocycles. The minimum atomic E-state index is -1.21. The van der Waals surface area contributed by atoms with Crippen molar-refractivity contribution in [1.82, 2.24) is 0 Å². The van der Waals surface area contributed by atoms with Gasteiger partial charge in [0.05, 0.1) is 17.4 Å². The van der Waals surface area contributed by atoms with Gasteiger partial charge >= 0.3 is 5.79 Å². The minimum absolute atomic E-state index is 0.128. The molecule has 6 rings (SSSR count). The van der Waals surface area contributed by atoms with Crippen molar-refractivity contribution in [2.45, 2.75) is 19.3 Å². The summed E-state index contributed by atoms with van der Waals surface area (Å²) in [6.07, 6.45) is 0. The first-order valence-corrected chi connectivity index (χ1v) is 11.9. The molecule has 1 aromatic heterocycles. The molecular formula is C30H24O6. The summed E-state index contributed by atoms with van der Waals surface area (Å²) in [5.74, 6) is -0.298. The van der Waals surface area contributed by atoms with Gasteiger partial charge in [-0.15, -0.1) is 0 Å². The van der Waals surface area contributed by atoms with Gasteiger partial charge in [0.15, 0.2) is 11.3 Å². The number of fused-ring (bicyclic) bond motifs is 4. The third kappa shape index (κ3) is 3.71. The molecule has 6 nitrogen and oxygen atoms in total. The number of benzene rings is 4. The van der Waals surface area contributed by atoms with Gasteiger partial charge in [-0.1, -0.05) is 66.7 Å². The predicted octanol–water partition coefficient (Wildman–Crippen LogP) is 6.13.